The van der Waals surface area contributed by atoms with Crippen LogP contribution < -0.4 is 4.90 Å². The van der Waals surface area contributed by atoms with E-state index in [1.165, 1.54) is 12.1 Å². The summed E-state index contributed by atoms with van der Waals surface area (Å²) in [6.07, 6.45) is 3.92. The molecular formula is C23H25FN2O2. The van der Waals surface area contributed by atoms with Gasteiger partial charge in [-0.3, -0.25) is 14.6 Å². The molecule has 2 aliphatic rings. The molecule has 0 bridgehead atoms. The van der Waals surface area contributed by atoms with Gasteiger partial charge in [0.25, 0.3) is 0 Å². The maximum absolute atomic E-state index is 13.1. The molecule has 2 aromatic rings. The van der Waals surface area contributed by atoms with E-state index in [-0.39, 0.29) is 29.8 Å². The minimum atomic E-state index is -0.758. The fraction of sp³-hybridized carbons (Fsp3) is 0.435. The lowest BCUT2D eigenvalue weighted by atomic mass is 9.81. The van der Waals surface area contributed by atoms with E-state index >= 15 is 0 Å². The zero-order chi connectivity index (χ0) is 19.9. The van der Waals surface area contributed by atoms with Crippen LogP contribution in [0.2, 0.25) is 0 Å². The number of benzene rings is 1. The first-order valence-corrected chi connectivity index (χ1v) is 9.96. The Hall–Kier alpha value is -2.56. The van der Waals surface area contributed by atoms with E-state index < -0.39 is 5.41 Å². The number of carbonyl (C=O) groups is 2. The van der Waals surface area contributed by atoms with Crippen molar-refractivity contribution in [1.29, 1.82) is 0 Å². The fourth-order valence-corrected chi connectivity index (χ4v) is 3.73. The summed E-state index contributed by atoms with van der Waals surface area (Å²) in [5.74, 6) is 0.117. The highest BCUT2D eigenvalue weighted by Crippen LogP contribution is 2.36. The molecule has 5 heteroatoms. The zero-order valence-corrected chi connectivity index (χ0v) is 16.4. The number of aryl methyl sites for hydroxylation is 1. The normalized spacial score (nSPS) is 16.6. The molecule has 0 radical (unpaired) electrons. The van der Waals surface area contributed by atoms with Crippen LogP contribution in [-0.4, -0.2) is 23.2 Å². The number of halogens is 1. The molecule has 146 valence electrons. The predicted molar refractivity (Wildman–Crippen MR) is 106 cm³/mol. The van der Waals surface area contributed by atoms with Crippen LogP contribution in [0, 0.1) is 11.7 Å². The molecule has 1 amide bonds. The molecule has 0 saturated heterocycles. The SMILES string of the molecule is CC(C)(C(=O)Cc1ccc(F)cc1)c1ccc2c(n1)CCCN2C(=O)C1CC1. The molecule has 0 atom stereocenters. The molecule has 0 N–H and O–H groups in total. The van der Waals surface area contributed by atoms with Crippen molar-refractivity contribution >= 4 is 17.4 Å². The summed E-state index contributed by atoms with van der Waals surface area (Å²) in [4.78, 5) is 32.2. The largest absolute Gasteiger partial charge is 0.310 e. The number of rotatable bonds is 5. The molecule has 1 saturated carbocycles. The summed E-state index contributed by atoms with van der Waals surface area (Å²) in [5, 5.41) is 0. The Bertz CT molecular complexity index is 917. The average Bonchev–Trinajstić information content (AvgIpc) is 3.53. The number of hydrogen-bond donors (Lipinski definition) is 0. The van der Waals surface area contributed by atoms with Crippen molar-refractivity contribution in [3.63, 3.8) is 0 Å². The summed E-state index contributed by atoms with van der Waals surface area (Å²) in [6, 6.07) is 9.86. The van der Waals surface area contributed by atoms with Crippen LogP contribution in [0.25, 0.3) is 0 Å². The Morgan fingerprint density at radius 2 is 1.86 bits per heavy atom. The van der Waals surface area contributed by atoms with Crippen molar-refractivity contribution in [3.05, 3.63) is 59.2 Å². The Balaban J connectivity index is 1.57. The maximum Gasteiger partial charge on any atom is 0.230 e. The van der Waals surface area contributed by atoms with E-state index in [1.54, 1.807) is 12.1 Å². The molecule has 2 heterocycles. The van der Waals surface area contributed by atoms with E-state index in [9.17, 15) is 14.0 Å². The van der Waals surface area contributed by atoms with Crippen molar-refractivity contribution < 1.29 is 14.0 Å². The first kappa shape index (κ1) is 18.8. The molecule has 4 nitrogen and oxygen atoms in total. The second-order valence-electron chi connectivity index (χ2n) is 8.38. The van der Waals surface area contributed by atoms with E-state index in [4.69, 9.17) is 4.98 Å². The number of Topliss-reactive ketones (excluding diaryl/α,β-unsaturated/α-hetero) is 1. The summed E-state index contributed by atoms with van der Waals surface area (Å²) >= 11 is 0. The topological polar surface area (TPSA) is 50.3 Å². The number of hydrogen-bond acceptors (Lipinski definition) is 3. The first-order valence-electron chi connectivity index (χ1n) is 9.96. The maximum atomic E-state index is 13.1. The van der Waals surface area contributed by atoms with Gasteiger partial charge in [-0.15, -0.1) is 0 Å². The minimum Gasteiger partial charge on any atom is -0.310 e. The Morgan fingerprint density at radius 3 is 2.54 bits per heavy atom. The van der Waals surface area contributed by atoms with Gasteiger partial charge in [-0.05, 0) is 69.4 Å². The predicted octanol–water partition coefficient (Wildman–Crippen LogP) is 4.00. The fourth-order valence-electron chi connectivity index (χ4n) is 3.73. The van der Waals surface area contributed by atoms with Gasteiger partial charge in [0.15, 0.2) is 0 Å². The third kappa shape index (κ3) is 3.58. The number of anilines is 1. The molecule has 1 fully saturated rings. The van der Waals surface area contributed by atoms with Gasteiger partial charge >= 0.3 is 0 Å². The molecule has 4 rings (SSSR count). The smallest absolute Gasteiger partial charge is 0.230 e. The highest BCUT2D eigenvalue weighted by molar-refractivity contribution is 5.97. The van der Waals surface area contributed by atoms with Crippen LogP contribution in [-0.2, 0) is 27.8 Å². The quantitative estimate of drug-likeness (QED) is 0.788. The lowest BCUT2D eigenvalue weighted by Gasteiger charge is -2.31. The van der Waals surface area contributed by atoms with Gasteiger partial charge in [0, 0.05) is 18.9 Å². The number of ketones is 1. The zero-order valence-electron chi connectivity index (χ0n) is 16.4. The number of carbonyl (C=O) groups excluding carboxylic acids is 2. The third-order valence-corrected chi connectivity index (χ3v) is 5.84. The van der Waals surface area contributed by atoms with Crippen LogP contribution in [0.3, 0.4) is 0 Å². The van der Waals surface area contributed by atoms with Crippen LogP contribution in [0.1, 0.15) is 50.1 Å². The van der Waals surface area contributed by atoms with Gasteiger partial charge < -0.3 is 4.90 Å². The van der Waals surface area contributed by atoms with Gasteiger partial charge in [0.1, 0.15) is 11.6 Å². The van der Waals surface area contributed by atoms with Crippen molar-refractivity contribution in [2.24, 2.45) is 5.92 Å². The Kier molecular flexibility index (Phi) is 4.77. The van der Waals surface area contributed by atoms with Crippen LogP contribution in [0.5, 0.6) is 0 Å². The van der Waals surface area contributed by atoms with Crippen molar-refractivity contribution in [2.45, 2.75) is 51.4 Å². The standard InChI is InChI=1S/C23H25FN2O2/c1-23(2,21(27)14-15-5-9-17(24)10-6-15)20-12-11-19-18(25-20)4-3-13-26(19)22(28)16-7-8-16/h5-6,9-12,16H,3-4,7-8,13-14H2,1-2H3. The molecule has 1 aromatic heterocycles. The summed E-state index contributed by atoms with van der Waals surface area (Å²) < 4.78 is 13.1. The molecule has 1 aliphatic heterocycles. The van der Waals surface area contributed by atoms with Gasteiger partial charge in [0.05, 0.1) is 22.5 Å². The van der Waals surface area contributed by atoms with Gasteiger partial charge in [-0.2, -0.15) is 0 Å². The number of fused-ring (bicyclic) bond motifs is 1. The van der Waals surface area contributed by atoms with Crippen LogP contribution in [0.15, 0.2) is 36.4 Å². The molecule has 1 aliphatic carbocycles. The molecular weight excluding hydrogens is 355 g/mol. The number of aromatic nitrogens is 1. The van der Waals surface area contributed by atoms with Gasteiger partial charge in [0.2, 0.25) is 5.91 Å². The van der Waals surface area contributed by atoms with Crippen molar-refractivity contribution in [2.75, 3.05) is 11.4 Å². The Morgan fingerprint density at radius 1 is 1.14 bits per heavy atom. The number of amides is 1. The molecule has 1 aromatic carbocycles. The van der Waals surface area contributed by atoms with Crippen molar-refractivity contribution in [3.8, 4) is 0 Å². The second-order valence-corrected chi connectivity index (χ2v) is 8.38. The van der Waals surface area contributed by atoms with E-state index in [0.29, 0.717) is 0 Å². The lowest BCUT2D eigenvalue weighted by Crippen LogP contribution is -2.38. The van der Waals surface area contributed by atoms with E-state index in [2.05, 4.69) is 0 Å². The number of pyridine rings is 1. The minimum absolute atomic E-state index is 0.0354. The number of nitrogens with zero attached hydrogens (tertiary/aromatic N) is 2. The highest BCUT2D eigenvalue weighted by atomic mass is 19.1. The second kappa shape index (κ2) is 7.12. The average molecular weight is 380 g/mol. The molecule has 0 unspecified atom stereocenters. The molecule has 0 spiro atoms. The van der Waals surface area contributed by atoms with E-state index in [1.807, 2.05) is 30.9 Å². The van der Waals surface area contributed by atoms with Crippen LogP contribution in [0.4, 0.5) is 10.1 Å². The third-order valence-electron chi connectivity index (χ3n) is 5.84. The first-order chi connectivity index (χ1) is 13.4. The summed E-state index contributed by atoms with van der Waals surface area (Å²) in [7, 11) is 0. The Labute approximate surface area is 164 Å². The summed E-state index contributed by atoms with van der Waals surface area (Å²) in [6.45, 7) is 4.50. The lowest BCUT2D eigenvalue weighted by molar-refractivity contribution is -0.123. The highest BCUT2D eigenvalue weighted by Gasteiger charge is 2.37. The van der Waals surface area contributed by atoms with Gasteiger partial charge in [-0.1, -0.05) is 12.1 Å². The molecule has 28 heavy (non-hydrogen) atoms. The van der Waals surface area contributed by atoms with Crippen LogP contribution >= 0.6 is 0 Å². The van der Waals surface area contributed by atoms with Gasteiger partial charge in [-0.25, -0.2) is 4.39 Å². The summed E-state index contributed by atoms with van der Waals surface area (Å²) in [5.41, 5.74) is 2.55. The van der Waals surface area contributed by atoms with Crippen molar-refractivity contribution in [1.82, 2.24) is 4.98 Å². The monoisotopic (exact) mass is 380 g/mol. The van der Waals surface area contributed by atoms with E-state index in [0.717, 1.165) is 54.9 Å².